The van der Waals surface area contributed by atoms with Crippen LogP contribution in [-0.4, -0.2) is 4.92 Å². The van der Waals surface area contributed by atoms with Gasteiger partial charge in [-0.05, 0) is 23.3 Å². The summed E-state index contributed by atoms with van der Waals surface area (Å²) >= 11 is 3.28. The van der Waals surface area contributed by atoms with Crippen LogP contribution in [0.25, 0.3) is 21.6 Å². The molecule has 0 aliphatic heterocycles. The molecule has 0 aliphatic carbocycles. The molecule has 0 radical (unpaired) electrons. The van der Waals surface area contributed by atoms with Crippen molar-refractivity contribution in [1.29, 1.82) is 0 Å². The van der Waals surface area contributed by atoms with Crippen LogP contribution in [0.15, 0.2) is 100 Å². The average Bonchev–Trinajstić information content (AvgIpc) is 3.13. The monoisotopic (exact) mass is 389 g/mol. The van der Waals surface area contributed by atoms with Crippen LogP contribution >= 0.6 is 23.1 Å². The van der Waals surface area contributed by atoms with Gasteiger partial charge < -0.3 is 0 Å². The van der Waals surface area contributed by atoms with Crippen molar-refractivity contribution in [2.45, 2.75) is 9.10 Å². The number of nitro benzene ring substituents is 1. The number of rotatable bonds is 5. The summed E-state index contributed by atoms with van der Waals surface area (Å²) in [7, 11) is 0. The number of non-ortho nitro benzene ring substituents is 1. The van der Waals surface area contributed by atoms with Gasteiger partial charge in [0.2, 0.25) is 0 Å². The summed E-state index contributed by atoms with van der Waals surface area (Å²) in [5, 5.41) is 11.1. The van der Waals surface area contributed by atoms with Gasteiger partial charge in [-0.1, -0.05) is 78.5 Å². The maximum absolute atomic E-state index is 11.1. The van der Waals surface area contributed by atoms with Crippen LogP contribution in [0.4, 0.5) is 5.69 Å². The quantitative estimate of drug-likeness (QED) is 0.269. The van der Waals surface area contributed by atoms with E-state index in [0.29, 0.717) is 0 Å². The summed E-state index contributed by atoms with van der Waals surface area (Å²) in [6.45, 7) is 0. The van der Waals surface area contributed by atoms with E-state index in [2.05, 4.69) is 30.3 Å². The van der Waals surface area contributed by atoms with Gasteiger partial charge in [-0.15, -0.1) is 11.3 Å². The van der Waals surface area contributed by atoms with Crippen LogP contribution in [0.1, 0.15) is 0 Å². The highest BCUT2D eigenvalue weighted by atomic mass is 32.2. The molecular formula is C22H15NO2S2. The zero-order valence-corrected chi connectivity index (χ0v) is 15.9. The Labute approximate surface area is 165 Å². The number of benzene rings is 3. The van der Waals surface area contributed by atoms with Crippen LogP contribution in [0.5, 0.6) is 0 Å². The lowest BCUT2D eigenvalue weighted by molar-refractivity contribution is -0.385. The van der Waals surface area contributed by atoms with Crippen LogP contribution in [0.3, 0.4) is 0 Å². The number of nitrogens with zero attached hydrogens (tertiary/aromatic N) is 1. The first-order valence-corrected chi connectivity index (χ1v) is 10.0. The van der Waals surface area contributed by atoms with E-state index in [9.17, 15) is 10.1 Å². The second-order valence-corrected chi connectivity index (χ2v) is 8.29. The van der Waals surface area contributed by atoms with E-state index in [4.69, 9.17) is 0 Å². The summed E-state index contributed by atoms with van der Waals surface area (Å²) < 4.78 is 1.13. The predicted molar refractivity (Wildman–Crippen MR) is 112 cm³/mol. The van der Waals surface area contributed by atoms with Crippen molar-refractivity contribution in [1.82, 2.24) is 0 Å². The van der Waals surface area contributed by atoms with Crippen molar-refractivity contribution >= 4 is 28.8 Å². The lowest BCUT2D eigenvalue weighted by Gasteiger charge is -2.04. The van der Waals surface area contributed by atoms with Crippen molar-refractivity contribution in [3.05, 3.63) is 101 Å². The standard InChI is InChI=1S/C22H15NO2S2/c24-23(25)18-12-7-13-19(14-18)26-22-20(16-8-3-1-4-9-16)15-21(27-22)17-10-5-2-6-11-17/h1-15H. The molecule has 4 aromatic rings. The first-order valence-electron chi connectivity index (χ1n) is 8.38. The minimum absolute atomic E-state index is 0.112. The second-order valence-electron chi connectivity index (χ2n) is 5.90. The van der Waals surface area contributed by atoms with E-state index in [1.807, 2.05) is 42.5 Å². The Morgan fingerprint density at radius 1 is 0.778 bits per heavy atom. The van der Waals surface area contributed by atoms with Crippen LogP contribution < -0.4 is 0 Å². The van der Waals surface area contributed by atoms with Crippen LogP contribution in [-0.2, 0) is 0 Å². The highest BCUT2D eigenvalue weighted by molar-refractivity contribution is 8.01. The van der Waals surface area contributed by atoms with E-state index in [1.165, 1.54) is 16.5 Å². The van der Waals surface area contributed by atoms with Gasteiger partial charge >= 0.3 is 0 Å². The number of thiophene rings is 1. The Morgan fingerprint density at radius 3 is 2.11 bits per heavy atom. The number of hydrogen-bond donors (Lipinski definition) is 0. The normalized spacial score (nSPS) is 10.7. The Bertz CT molecular complexity index is 1080. The molecule has 0 unspecified atom stereocenters. The predicted octanol–water partition coefficient (Wildman–Crippen LogP) is 7.14. The highest BCUT2D eigenvalue weighted by Crippen LogP contribution is 2.45. The first-order chi connectivity index (χ1) is 13.2. The van der Waals surface area contributed by atoms with Crippen molar-refractivity contribution < 1.29 is 4.92 Å². The van der Waals surface area contributed by atoms with Gasteiger partial charge in [0.05, 0.1) is 9.13 Å². The Hall–Kier alpha value is -2.89. The van der Waals surface area contributed by atoms with Crippen molar-refractivity contribution in [2.75, 3.05) is 0 Å². The second kappa shape index (κ2) is 7.78. The zero-order valence-electron chi connectivity index (χ0n) is 14.2. The summed E-state index contributed by atoms with van der Waals surface area (Å²) in [4.78, 5) is 12.8. The number of hydrogen-bond acceptors (Lipinski definition) is 4. The minimum Gasteiger partial charge on any atom is -0.258 e. The molecule has 0 saturated heterocycles. The molecule has 0 aliphatic rings. The van der Waals surface area contributed by atoms with E-state index < -0.39 is 0 Å². The lowest BCUT2D eigenvalue weighted by Crippen LogP contribution is -1.87. The molecule has 0 atom stereocenters. The van der Waals surface area contributed by atoms with E-state index >= 15 is 0 Å². The van der Waals surface area contributed by atoms with Gasteiger partial charge in [-0.3, -0.25) is 10.1 Å². The van der Waals surface area contributed by atoms with Crippen LogP contribution in [0.2, 0.25) is 0 Å². The zero-order chi connectivity index (χ0) is 18.6. The van der Waals surface area contributed by atoms with Crippen molar-refractivity contribution in [3.63, 3.8) is 0 Å². The summed E-state index contributed by atoms with van der Waals surface area (Å²) in [5.74, 6) is 0. The molecule has 1 heterocycles. The Balaban J connectivity index is 1.78. The summed E-state index contributed by atoms with van der Waals surface area (Å²) in [6, 6.07) is 29.5. The topological polar surface area (TPSA) is 43.1 Å². The fourth-order valence-corrected chi connectivity index (χ4v) is 5.25. The van der Waals surface area contributed by atoms with Gasteiger partial charge in [0, 0.05) is 27.5 Å². The number of nitro groups is 1. The summed E-state index contributed by atoms with van der Waals surface area (Å²) in [6.07, 6.45) is 0. The molecule has 0 N–H and O–H groups in total. The van der Waals surface area contributed by atoms with Crippen LogP contribution in [0, 0.1) is 10.1 Å². The third-order valence-electron chi connectivity index (χ3n) is 4.08. The average molecular weight is 390 g/mol. The Kier molecular flexibility index (Phi) is 5.05. The fraction of sp³-hybridized carbons (Fsp3) is 0. The highest BCUT2D eigenvalue weighted by Gasteiger charge is 2.15. The smallest absolute Gasteiger partial charge is 0.258 e. The van der Waals surface area contributed by atoms with E-state index in [1.54, 1.807) is 35.2 Å². The molecule has 4 rings (SSSR count). The molecule has 132 valence electrons. The molecule has 3 aromatic carbocycles. The molecule has 0 bridgehead atoms. The fourth-order valence-electron chi connectivity index (χ4n) is 2.78. The Morgan fingerprint density at radius 2 is 1.44 bits per heavy atom. The molecule has 0 spiro atoms. The first kappa shape index (κ1) is 17.5. The molecule has 0 saturated carbocycles. The maximum atomic E-state index is 11.1. The third-order valence-corrected chi connectivity index (χ3v) is 6.45. The molecular weight excluding hydrogens is 374 g/mol. The molecule has 0 amide bonds. The molecule has 0 fully saturated rings. The molecule has 3 nitrogen and oxygen atoms in total. The van der Waals surface area contributed by atoms with Gasteiger partial charge in [0.25, 0.3) is 5.69 Å². The molecule has 1 aromatic heterocycles. The van der Waals surface area contributed by atoms with Crippen molar-refractivity contribution in [3.8, 4) is 21.6 Å². The summed E-state index contributed by atoms with van der Waals surface area (Å²) in [5.41, 5.74) is 3.58. The van der Waals surface area contributed by atoms with Gasteiger partial charge in [-0.25, -0.2) is 0 Å². The largest absolute Gasteiger partial charge is 0.270 e. The van der Waals surface area contributed by atoms with E-state index in [0.717, 1.165) is 20.2 Å². The van der Waals surface area contributed by atoms with Gasteiger partial charge in [-0.2, -0.15) is 0 Å². The van der Waals surface area contributed by atoms with Gasteiger partial charge in [0.1, 0.15) is 0 Å². The molecule has 5 heteroatoms. The third kappa shape index (κ3) is 3.94. The van der Waals surface area contributed by atoms with Crippen molar-refractivity contribution in [2.24, 2.45) is 0 Å². The van der Waals surface area contributed by atoms with Gasteiger partial charge in [0.15, 0.2) is 0 Å². The minimum atomic E-state index is -0.355. The lowest BCUT2D eigenvalue weighted by atomic mass is 10.1. The van der Waals surface area contributed by atoms with E-state index in [-0.39, 0.29) is 10.6 Å². The maximum Gasteiger partial charge on any atom is 0.270 e. The molecule has 27 heavy (non-hydrogen) atoms. The SMILES string of the molecule is O=[N+]([O-])c1cccc(Sc2sc(-c3ccccc3)cc2-c2ccccc2)c1.